The Labute approximate surface area is 135 Å². The summed E-state index contributed by atoms with van der Waals surface area (Å²) in [6.07, 6.45) is 1.72. The zero-order valence-corrected chi connectivity index (χ0v) is 12.9. The highest BCUT2D eigenvalue weighted by molar-refractivity contribution is 7.89. The molecule has 23 heavy (non-hydrogen) atoms. The lowest BCUT2D eigenvalue weighted by Gasteiger charge is -2.11. The van der Waals surface area contributed by atoms with Crippen molar-refractivity contribution in [3.05, 3.63) is 54.2 Å². The fourth-order valence-corrected chi connectivity index (χ4v) is 3.32. The number of rotatable bonds is 5. The highest BCUT2D eigenvalue weighted by Crippen LogP contribution is 2.31. The number of benzene rings is 2. The number of nitrogens with one attached hydrogen (secondary N) is 2. The van der Waals surface area contributed by atoms with E-state index in [0.29, 0.717) is 24.2 Å². The second-order valence-corrected chi connectivity index (χ2v) is 6.26. The van der Waals surface area contributed by atoms with E-state index in [1.165, 1.54) is 24.3 Å². The quantitative estimate of drug-likeness (QED) is 0.628. The summed E-state index contributed by atoms with van der Waals surface area (Å²) < 4.78 is 42.0. The normalized spacial score (nSPS) is 12.7. The molecular formula is C16H15F2N3OS. The van der Waals surface area contributed by atoms with Gasteiger partial charge in [-0.25, -0.2) is 8.78 Å². The number of aromatic nitrogens is 1. The summed E-state index contributed by atoms with van der Waals surface area (Å²) in [5.74, 6) is -0.889. The first-order valence-corrected chi connectivity index (χ1v) is 8.17. The molecule has 7 heteroatoms. The van der Waals surface area contributed by atoms with Crippen LogP contribution in [-0.4, -0.2) is 22.6 Å². The molecule has 0 bridgehead atoms. The van der Waals surface area contributed by atoms with Crippen LogP contribution in [0.2, 0.25) is 0 Å². The van der Waals surface area contributed by atoms with Gasteiger partial charge in [-0.05, 0) is 29.8 Å². The summed E-state index contributed by atoms with van der Waals surface area (Å²) in [5, 5.41) is 0.810. The minimum atomic E-state index is -1.68. The van der Waals surface area contributed by atoms with Gasteiger partial charge in [0.15, 0.2) is 5.82 Å². The molecule has 1 aromatic heterocycles. The van der Waals surface area contributed by atoms with Crippen molar-refractivity contribution in [3.63, 3.8) is 0 Å². The molecule has 2 aromatic carbocycles. The highest BCUT2D eigenvalue weighted by Gasteiger charge is 2.19. The summed E-state index contributed by atoms with van der Waals surface area (Å²) in [4.78, 5) is 3.05. The molecule has 0 saturated heterocycles. The van der Waals surface area contributed by atoms with Crippen LogP contribution in [0.3, 0.4) is 0 Å². The van der Waals surface area contributed by atoms with Crippen molar-refractivity contribution < 1.29 is 13.3 Å². The SMILES string of the molecule is NCCN[S+]([O-])c1cc(-c2c[nH]c3cc(F)ccc23)ccc1F. The molecule has 4 nitrogen and oxygen atoms in total. The van der Waals surface area contributed by atoms with Gasteiger partial charge in [0.2, 0.25) is 4.90 Å². The first-order chi connectivity index (χ1) is 11.1. The smallest absolute Gasteiger partial charge is 0.210 e. The maximum Gasteiger partial charge on any atom is 0.210 e. The minimum Gasteiger partial charge on any atom is -0.593 e. The molecule has 0 spiro atoms. The Balaban J connectivity index is 2.02. The Morgan fingerprint density at radius 1 is 1.17 bits per heavy atom. The highest BCUT2D eigenvalue weighted by atomic mass is 32.2. The van der Waals surface area contributed by atoms with Gasteiger partial charge in [-0.15, -0.1) is 4.72 Å². The van der Waals surface area contributed by atoms with E-state index in [1.807, 2.05) is 0 Å². The number of hydrogen-bond donors (Lipinski definition) is 3. The van der Waals surface area contributed by atoms with E-state index in [2.05, 4.69) is 9.71 Å². The van der Waals surface area contributed by atoms with E-state index in [9.17, 15) is 13.3 Å². The average Bonchev–Trinajstić information content (AvgIpc) is 2.96. The van der Waals surface area contributed by atoms with Crippen molar-refractivity contribution in [1.82, 2.24) is 9.71 Å². The number of H-pyrrole nitrogens is 1. The van der Waals surface area contributed by atoms with Crippen molar-refractivity contribution in [2.45, 2.75) is 4.90 Å². The van der Waals surface area contributed by atoms with Crippen LogP contribution in [0, 0.1) is 11.6 Å². The van der Waals surface area contributed by atoms with Crippen molar-refractivity contribution >= 4 is 22.3 Å². The number of hydrogen-bond acceptors (Lipinski definition) is 3. The predicted octanol–water partition coefficient (Wildman–Crippen LogP) is 2.68. The third kappa shape index (κ3) is 3.23. The zero-order chi connectivity index (χ0) is 16.4. The van der Waals surface area contributed by atoms with Crippen LogP contribution < -0.4 is 10.5 Å². The van der Waals surface area contributed by atoms with Crippen molar-refractivity contribution in [2.75, 3.05) is 13.1 Å². The molecule has 4 N–H and O–H groups in total. The summed E-state index contributed by atoms with van der Waals surface area (Å²) in [7, 11) is 0. The maximum absolute atomic E-state index is 13.9. The van der Waals surface area contributed by atoms with Crippen LogP contribution in [0.25, 0.3) is 22.0 Å². The van der Waals surface area contributed by atoms with Gasteiger partial charge < -0.3 is 15.3 Å². The first-order valence-electron chi connectivity index (χ1n) is 7.02. The summed E-state index contributed by atoms with van der Waals surface area (Å²) in [6, 6.07) is 8.82. The Hall–Kier alpha value is -1.93. The molecule has 0 amide bonds. The van der Waals surface area contributed by atoms with Gasteiger partial charge in [0.1, 0.15) is 5.82 Å². The third-order valence-corrected chi connectivity index (χ3v) is 4.64. The topological polar surface area (TPSA) is 76.9 Å². The van der Waals surface area contributed by atoms with Crippen molar-refractivity contribution in [2.24, 2.45) is 5.73 Å². The second kappa shape index (κ2) is 6.67. The van der Waals surface area contributed by atoms with Gasteiger partial charge in [-0.2, -0.15) is 0 Å². The molecule has 3 rings (SSSR count). The van der Waals surface area contributed by atoms with Crippen LogP contribution in [0.15, 0.2) is 47.5 Å². The van der Waals surface area contributed by atoms with Gasteiger partial charge >= 0.3 is 0 Å². The van der Waals surface area contributed by atoms with Gasteiger partial charge in [0, 0.05) is 35.3 Å². The van der Waals surface area contributed by atoms with Crippen molar-refractivity contribution in [3.8, 4) is 11.1 Å². The molecule has 0 saturated carbocycles. The van der Waals surface area contributed by atoms with Crippen LogP contribution in [-0.2, 0) is 11.4 Å². The number of halogens is 2. The third-order valence-electron chi connectivity index (χ3n) is 3.46. The molecule has 0 fully saturated rings. The summed E-state index contributed by atoms with van der Waals surface area (Å²) in [5.41, 5.74) is 7.48. The van der Waals surface area contributed by atoms with E-state index in [0.717, 1.165) is 10.9 Å². The first kappa shape index (κ1) is 15.9. The van der Waals surface area contributed by atoms with E-state index >= 15 is 0 Å². The molecule has 1 unspecified atom stereocenters. The summed E-state index contributed by atoms with van der Waals surface area (Å²) in [6.45, 7) is 0.629. The fraction of sp³-hybridized carbons (Fsp3) is 0.125. The molecular weight excluding hydrogens is 320 g/mol. The van der Waals surface area contributed by atoms with Crippen LogP contribution in [0.4, 0.5) is 8.78 Å². The lowest BCUT2D eigenvalue weighted by Crippen LogP contribution is -2.29. The van der Waals surface area contributed by atoms with Gasteiger partial charge in [-0.3, -0.25) is 0 Å². The predicted molar refractivity (Wildman–Crippen MR) is 87.1 cm³/mol. The number of nitrogens with two attached hydrogens (primary N) is 1. The summed E-state index contributed by atoms with van der Waals surface area (Å²) >= 11 is -1.68. The van der Waals surface area contributed by atoms with Crippen LogP contribution in [0.5, 0.6) is 0 Å². The molecule has 0 radical (unpaired) electrons. The van der Waals surface area contributed by atoms with Crippen molar-refractivity contribution in [1.29, 1.82) is 0 Å². The van der Waals surface area contributed by atoms with E-state index in [-0.39, 0.29) is 10.7 Å². The molecule has 1 heterocycles. The zero-order valence-electron chi connectivity index (χ0n) is 12.1. The lowest BCUT2D eigenvalue weighted by molar-refractivity contribution is 0.557. The molecule has 0 aliphatic rings. The second-order valence-electron chi connectivity index (χ2n) is 4.99. The minimum absolute atomic E-state index is 0.0624. The maximum atomic E-state index is 13.9. The van der Waals surface area contributed by atoms with Gasteiger partial charge in [-0.1, -0.05) is 6.07 Å². The molecule has 3 aromatic rings. The number of aromatic amines is 1. The van der Waals surface area contributed by atoms with E-state index in [4.69, 9.17) is 5.73 Å². The van der Waals surface area contributed by atoms with E-state index < -0.39 is 17.2 Å². The Kier molecular flexibility index (Phi) is 4.63. The average molecular weight is 335 g/mol. The van der Waals surface area contributed by atoms with Gasteiger partial charge in [0.05, 0.1) is 17.9 Å². The standard InChI is InChI=1S/C16H15F2N3OS/c17-11-2-3-12-13(9-20-15(12)8-11)10-1-4-14(18)16(7-10)23(22)21-6-5-19/h1-4,7-9,20-21H,5-6,19H2. The van der Waals surface area contributed by atoms with Crippen LogP contribution in [0.1, 0.15) is 0 Å². The number of fused-ring (bicyclic) bond motifs is 1. The molecule has 1 atom stereocenters. The molecule has 0 aliphatic carbocycles. The Morgan fingerprint density at radius 2 is 2.00 bits per heavy atom. The Bertz CT molecular complexity index is 837. The largest absolute Gasteiger partial charge is 0.593 e. The van der Waals surface area contributed by atoms with Crippen LogP contribution >= 0.6 is 0 Å². The lowest BCUT2D eigenvalue weighted by atomic mass is 10.0. The van der Waals surface area contributed by atoms with E-state index in [1.54, 1.807) is 18.3 Å². The molecule has 0 aliphatic heterocycles. The molecule has 120 valence electrons. The Morgan fingerprint density at radius 3 is 2.78 bits per heavy atom. The fourth-order valence-electron chi connectivity index (χ4n) is 2.38. The van der Waals surface area contributed by atoms with Gasteiger partial charge in [0.25, 0.3) is 0 Å². The monoisotopic (exact) mass is 335 g/mol.